The number of carbonyl (C=O) groups is 1. The summed E-state index contributed by atoms with van der Waals surface area (Å²) in [5.41, 5.74) is 7.16. The third-order valence-corrected chi connectivity index (χ3v) is 3.42. The molecule has 1 aliphatic carbocycles. The lowest BCUT2D eigenvalue weighted by atomic mass is 9.96. The van der Waals surface area contributed by atoms with Crippen molar-refractivity contribution < 1.29 is 4.79 Å². The minimum Gasteiger partial charge on any atom is -0.288 e. The molecule has 1 aromatic rings. The molecular weight excluding hydrogens is 238 g/mol. The first-order chi connectivity index (χ1) is 9.25. The minimum absolute atomic E-state index is 0.143. The number of nitrogens with one attached hydrogen (secondary N) is 2. The molecule has 1 amide bonds. The summed E-state index contributed by atoms with van der Waals surface area (Å²) in [5, 5.41) is 0. The molecule has 0 bridgehead atoms. The van der Waals surface area contributed by atoms with Gasteiger partial charge in [0.15, 0.2) is 0 Å². The van der Waals surface area contributed by atoms with E-state index in [4.69, 9.17) is 0 Å². The Morgan fingerprint density at radius 3 is 2.58 bits per heavy atom. The van der Waals surface area contributed by atoms with Crippen LogP contribution in [0.25, 0.3) is 0 Å². The Hall–Kier alpha value is -1.84. The zero-order chi connectivity index (χ0) is 13.5. The van der Waals surface area contributed by atoms with Gasteiger partial charge in [-0.25, -0.2) is 0 Å². The fraction of sp³-hybridized carbons (Fsp3) is 0.467. The molecule has 0 aliphatic heterocycles. The summed E-state index contributed by atoms with van der Waals surface area (Å²) in [7, 11) is 0. The van der Waals surface area contributed by atoms with E-state index in [9.17, 15) is 4.79 Å². The maximum absolute atomic E-state index is 11.8. The topological polar surface area (TPSA) is 53.5 Å². The molecule has 1 aliphatic rings. The number of aliphatic imine (C=N–C) groups is 1. The number of carbonyl (C=O) groups excluding carboxylic acids is 1. The summed E-state index contributed by atoms with van der Waals surface area (Å²) in [5.74, 6) is -0.143. The molecule has 0 spiro atoms. The number of hydrogen-bond donors (Lipinski definition) is 2. The van der Waals surface area contributed by atoms with Gasteiger partial charge < -0.3 is 0 Å². The van der Waals surface area contributed by atoms with E-state index in [1.165, 1.54) is 19.3 Å². The third kappa shape index (κ3) is 4.39. The fourth-order valence-corrected chi connectivity index (χ4v) is 2.25. The van der Waals surface area contributed by atoms with Gasteiger partial charge in [-0.2, -0.15) is 0 Å². The Bertz CT molecular complexity index is 433. The summed E-state index contributed by atoms with van der Waals surface area (Å²) < 4.78 is 0. The highest BCUT2D eigenvalue weighted by Crippen LogP contribution is 2.19. The normalized spacial score (nSPS) is 16.5. The number of aryl methyl sites for hydroxylation is 1. The van der Waals surface area contributed by atoms with Crippen molar-refractivity contribution in [3.05, 3.63) is 35.4 Å². The molecule has 1 fully saturated rings. The van der Waals surface area contributed by atoms with E-state index in [-0.39, 0.29) is 5.91 Å². The highest BCUT2D eigenvalue weighted by Gasteiger charge is 2.10. The second kappa shape index (κ2) is 6.92. The first-order valence-corrected chi connectivity index (χ1v) is 6.90. The van der Waals surface area contributed by atoms with Gasteiger partial charge in [0.05, 0.1) is 6.04 Å². The molecular formula is C15H21N3O. The Morgan fingerprint density at radius 1 is 1.21 bits per heavy atom. The second-order valence-corrected chi connectivity index (χ2v) is 5.03. The van der Waals surface area contributed by atoms with Gasteiger partial charge in [-0.05, 0) is 31.9 Å². The van der Waals surface area contributed by atoms with Crippen LogP contribution < -0.4 is 10.9 Å². The largest absolute Gasteiger partial charge is 0.288 e. The van der Waals surface area contributed by atoms with E-state index < -0.39 is 0 Å². The van der Waals surface area contributed by atoms with Gasteiger partial charge >= 0.3 is 0 Å². The van der Waals surface area contributed by atoms with Crippen LogP contribution in [0.5, 0.6) is 0 Å². The Morgan fingerprint density at radius 2 is 1.89 bits per heavy atom. The van der Waals surface area contributed by atoms with Gasteiger partial charge in [-0.1, -0.05) is 37.0 Å². The first-order valence-electron chi connectivity index (χ1n) is 6.90. The predicted octanol–water partition coefficient (Wildman–Crippen LogP) is 2.59. The van der Waals surface area contributed by atoms with Crippen LogP contribution in [0.1, 0.15) is 48.0 Å². The van der Waals surface area contributed by atoms with Crippen LogP contribution >= 0.6 is 0 Å². The van der Waals surface area contributed by atoms with Crippen LogP contribution in [0, 0.1) is 6.92 Å². The molecule has 2 N–H and O–H groups in total. The molecule has 4 heteroatoms. The molecule has 102 valence electrons. The number of nitrogens with zero attached hydrogens (tertiary/aromatic N) is 1. The molecule has 0 aromatic heterocycles. The molecule has 0 atom stereocenters. The molecule has 19 heavy (non-hydrogen) atoms. The van der Waals surface area contributed by atoms with Crippen molar-refractivity contribution in [2.24, 2.45) is 4.99 Å². The van der Waals surface area contributed by atoms with Crippen LogP contribution in [0.3, 0.4) is 0 Å². The Balaban J connectivity index is 1.74. The Kier molecular flexibility index (Phi) is 4.95. The van der Waals surface area contributed by atoms with Crippen LogP contribution in [0.2, 0.25) is 0 Å². The second-order valence-electron chi connectivity index (χ2n) is 5.03. The lowest BCUT2D eigenvalue weighted by Gasteiger charge is -2.17. The summed E-state index contributed by atoms with van der Waals surface area (Å²) in [6.45, 7) is 2.00. The van der Waals surface area contributed by atoms with Crippen molar-refractivity contribution in [1.82, 2.24) is 10.9 Å². The lowest BCUT2D eigenvalue weighted by Crippen LogP contribution is -2.36. The number of hydrazine groups is 1. The minimum atomic E-state index is -0.143. The van der Waals surface area contributed by atoms with Crippen LogP contribution in [-0.4, -0.2) is 18.3 Å². The number of benzene rings is 1. The van der Waals surface area contributed by atoms with E-state index in [0.717, 1.165) is 18.4 Å². The predicted molar refractivity (Wildman–Crippen MR) is 77.1 cm³/mol. The van der Waals surface area contributed by atoms with E-state index in [1.54, 1.807) is 6.34 Å². The summed E-state index contributed by atoms with van der Waals surface area (Å²) >= 11 is 0. The molecule has 1 saturated carbocycles. The zero-order valence-corrected chi connectivity index (χ0v) is 11.4. The van der Waals surface area contributed by atoms with Gasteiger partial charge in [0.1, 0.15) is 6.34 Å². The van der Waals surface area contributed by atoms with Crippen molar-refractivity contribution in [2.75, 3.05) is 0 Å². The summed E-state index contributed by atoms with van der Waals surface area (Å²) in [6, 6.07) is 7.88. The first kappa shape index (κ1) is 13.6. The van der Waals surface area contributed by atoms with E-state index in [2.05, 4.69) is 15.8 Å². The van der Waals surface area contributed by atoms with Crippen LogP contribution in [-0.2, 0) is 0 Å². The highest BCUT2D eigenvalue weighted by molar-refractivity contribution is 5.94. The number of amides is 1. The lowest BCUT2D eigenvalue weighted by molar-refractivity contribution is 0.0944. The van der Waals surface area contributed by atoms with Crippen molar-refractivity contribution in [3.8, 4) is 0 Å². The fourth-order valence-electron chi connectivity index (χ4n) is 2.25. The van der Waals surface area contributed by atoms with E-state index >= 15 is 0 Å². The molecule has 0 unspecified atom stereocenters. The summed E-state index contributed by atoms with van der Waals surface area (Å²) in [4.78, 5) is 16.2. The maximum Gasteiger partial charge on any atom is 0.269 e. The van der Waals surface area contributed by atoms with Gasteiger partial charge in [-0.15, -0.1) is 0 Å². The monoisotopic (exact) mass is 259 g/mol. The smallest absolute Gasteiger partial charge is 0.269 e. The molecule has 4 nitrogen and oxygen atoms in total. The van der Waals surface area contributed by atoms with Crippen LogP contribution in [0.4, 0.5) is 0 Å². The molecule has 0 saturated heterocycles. The summed E-state index contributed by atoms with van der Waals surface area (Å²) in [6.07, 6.45) is 7.76. The van der Waals surface area contributed by atoms with Crippen molar-refractivity contribution in [1.29, 1.82) is 0 Å². The van der Waals surface area contributed by atoms with Gasteiger partial charge in [0.25, 0.3) is 5.91 Å². The maximum atomic E-state index is 11.8. The van der Waals surface area contributed by atoms with Crippen molar-refractivity contribution >= 4 is 12.2 Å². The van der Waals surface area contributed by atoms with Gasteiger partial charge in [0.2, 0.25) is 0 Å². The molecule has 2 rings (SSSR count). The average Bonchev–Trinajstić information content (AvgIpc) is 2.45. The third-order valence-electron chi connectivity index (χ3n) is 3.42. The number of hydrogen-bond acceptors (Lipinski definition) is 2. The highest BCUT2D eigenvalue weighted by atomic mass is 16.2. The quantitative estimate of drug-likeness (QED) is 0.496. The van der Waals surface area contributed by atoms with Gasteiger partial charge in [0, 0.05) is 5.56 Å². The van der Waals surface area contributed by atoms with Gasteiger partial charge in [-0.3, -0.25) is 20.6 Å². The SMILES string of the molecule is Cc1ccc(C(=O)NNC=NC2CCCCC2)cc1. The van der Waals surface area contributed by atoms with E-state index in [1.807, 2.05) is 31.2 Å². The van der Waals surface area contributed by atoms with Crippen molar-refractivity contribution in [2.45, 2.75) is 45.1 Å². The zero-order valence-electron chi connectivity index (χ0n) is 11.4. The van der Waals surface area contributed by atoms with Crippen LogP contribution in [0.15, 0.2) is 29.3 Å². The Labute approximate surface area is 114 Å². The molecule has 1 aromatic carbocycles. The molecule has 0 radical (unpaired) electrons. The number of rotatable bonds is 4. The van der Waals surface area contributed by atoms with E-state index in [0.29, 0.717) is 11.6 Å². The van der Waals surface area contributed by atoms with Crippen molar-refractivity contribution in [3.63, 3.8) is 0 Å². The standard InChI is InChI=1S/C15H21N3O/c1-12-7-9-13(10-8-12)15(19)18-17-11-16-14-5-3-2-4-6-14/h7-11,14H,2-6H2,1H3,(H,16,17)(H,18,19). The molecule has 0 heterocycles. The average molecular weight is 259 g/mol.